The number of aliphatic hydroxyl groups is 3. The minimum atomic E-state index is -1.67. The molecular weight excluding hydrogens is 726 g/mol. The van der Waals surface area contributed by atoms with E-state index < -0.39 is 104 Å². The van der Waals surface area contributed by atoms with Crippen molar-refractivity contribution in [1.82, 2.24) is 51.8 Å². The summed E-state index contributed by atoms with van der Waals surface area (Å²) in [6, 6.07) is -9.88. The Morgan fingerprint density at radius 1 is 0.564 bits per heavy atom. The fraction of sp³-hybridized carbons (Fsp3) is 0.606. The van der Waals surface area contributed by atoms with E-state index in [1.165, 1.54) is 25.0 Å². The highest BCUT2D eigenvalue weighted by Gasteiger charge is 2.34. The topological polar surface area (TPSA) is 356 Å². The standard InChI is InChI=1S/C33H53N11O11/c1-16(2)5-21(39-27(48)20(34)11-45)28(49)41-24(8-19-10-36-15-38-19)31(52)43-25(12-46)32(53)42-23(7-18-9-35-14-37-18)30(51)40-22(6-17(3)4)29(50)44-26(13-47)33(54)55/h9-10,14-17,20-26,45-47H,5-8,11-13,34H2,1-4H3,(H,35,37)(H,36,38)(H,39,48)(H,40,51)(H,41,49)(H,42,53)(H,43,52)(H,44,50)(H,54,55)/t20-,21-,22-,23-,24-,25-,26-/m0/s1. The van der Waals surface area contributed by atoms with Crippen molar-refractivity contribution >= 4 is 41.4 Å². The van der Waals surface area contributed by atoms with Gasteiger partial charge in [-0.25, -0.2) is 14.8 Å². The van der Waals surface area contributed by atoms with Gasteiger partial charge in [-0.2, -0.15) is 0 Å². The molecule has 0 spiro atoms. The molecule has 306 valence electrons. The zero-order valence-corrected chi connectivity index (χ0v) is 31.1. The molecule has 0 aliphatic heterocycles. The van der Waals surface area contributed by atoms with Crippen LogP contribution in [0.15, 0.2) is 25.0 Å². The summed E-state index contributed by atoms with van der Waals surface area (Å²) in [6.45, 7) is 4.56. The van der Waals surface area contributed by atoms with Gasteiger partial charge in [0.15, 0.2) is 0 Å². The number of hydrogen-bond acceptors (Lipinski definition) is 13. The zero-order chi connectivity index (χ0) is 41.2. The van der Waals surface area contributed by atoms with Crippen molar-refractivity contribution in [2.75, 3.05) is 19.8 Å². The van der Waals surface area contributed by atoms with Crippen LogP contribution in [0.2, 0.25) is 0 Å². The predicted octanol–water partition coefficient (Wildman–Crippen LogP) is -4.69. The largest absolute Gasteiger partial charge is 0.480 e. The van der Waals surface area contributed by atoms with E-state index in [0.717, 1.165) is 0 Å². The van der Waals surface area contributed by atoms with Gasteiger partial charge in [-0.05, 0) is 24.7 Å². The molecule has 22 heteroatoms. The molecule has 0 saturated carbocycles. The van der Waals surface area contributed by atoms with E-state index in [4.69, 9.17) is 5.73 Å². The van der Waals surface area contributed by atoms with Gasteiger partial charge >= 0.3 is 5.97 Å². The summed E-state index contributed by atoms with van der Waals surface area (Å²) < 4.78 is 0. The van der Waals surface area contributed by atoms with Gasteiger partial charge in [-0.15, -0.1) is 0 Å². The number of amides is 6. The summed E-state index contributed by atoms with van der Waals surface area (Å²) >= 11 is 0. The third-order valence-corrected chi connectivity index (χ3v) is 8.05. The van der Waals surface area contributed by atoms with Crippen LogP contribution in [-0.2, 0) is 46.4 Å². The molecule has 7 atom stereocenters. The number of carbonyl (C=O) groups excluding carboxylic acids is 6. The number of aromatic amines is 2. The van der Waals surface area contributed by atoms with Crippen LogP contribution in [0.25, 0.3) is 0 Å². The van der Waals surface area contributed by atoms with E-state index >= 15 is 0 Å². The number of imidazole rings is 2. The van der Waals surface area contributed by atoms with Crippen molar-refractivity contribution in [3.05, 3.63) is 36.4 Å². The molecular formula is C33H53N11O11. The van der Waals surface area contributed by atoms with E-state index in [1.54, 1.807) is 27.7 Å². The van der Waals surface area contributed by atoms with Crippen LogP contribution in [0.5, 0.6) is 0 Å². The van der Waals surface area contributed by atoms with Gasteiger partial charge in [0.25, 0.3) is 0 Å². The normalized spacial score (nSPS) is 15.1. The minimum Gasteiger partial charge on any atom is -0.480 e. The van der Waals surface area contributed by atoms with Gasteiger partial charge in [0.1, 0.15) is 42.3 Å². The Bertz CT molecular complexity index is 1550. The summed E-state index contributed by atoms with van der Waals surface area (Å²) in [5, 5.41) is 52.7. The van der Waals surface area contributed by atoms with Crippen molar-refractivity contribution in [2.24, 2.45) is 17.6 Å². The first-order chi connectivity index (χ1) is 26.0. The third kappa shape index (κ3) is 15.4. The Morgan fingerprint density at radius 3 is 1.25 bits per heavy atom. The Hall–Kier alpha value is -5.45. The van der Waals surface area contributed by atoms with Crippen LogP contribution in [0.3, 0.4) is 0 Å². The van der Waals surface area contributed by atoms with Crippen molar-refractivity contribution in [2.45, 2.75) is 95.7 Å². The average Bonchev–Trinajstić information content (AvgIpc) is 3.85. The van der Waals surface area contributed by atoms with Crippen molar-refractivity contribution in [1.29, 1.82) is 0 Å². The van der Waals surface area contributed by atoms with E-state index in [0.29, 0.717) is 11.4 Å². The lowest BCUT2D eigenvalue weighted by Crippen LogP contribution is -2.61. The SMILES string of the molecule is CC(C)C[C@H](NC(=O)[C@H](Cc1cnc[nH]1)NC(=O)[C@H](CO)NC(=O)[C@H](Cc1cnc[nH]1)NC(=O)[C@H](CC(C)C)NC(=O)[C@@H](N)CO)C(=O)N[C@@H](CO)C(=O)O. The number of nitrogens with one attached hydrogen (secondary N) is 8. The minimum absolute atomic E-state index is 0.0504. The third-order valence-electron chi connectivity index (χ3n) is 8.05. The second-order valence-electron chi connectivity index (χ2n) is 13.7. The lowest BCUT2D eigenvalue weighted by molar-refractivity contribution is -0.143. The number of aliphatic hydroxyl groups excluding tert-OH is 3. The molecule has 0 saturated heterocycles. The van der Waals surface area contributed by atoms with Gasteiger partial charge in [0, 0.05) is 36.6 Å². The lowest BCUT2D eigenvalue weighted by Gasteiger charge is -2.27. The molecule has 0 radical (unpaired) electrons. The second kappa shape index (κ2) is 22.7. The summed E-state index contributed by atoms with van der Waals surface area (Å²) in [5.41, 5.74) is 6.39. The fourth-order valence-corrected chi connectivity index (χ4v) is 5.16. The number of rotatable bonds is 24. The Labute approximate surface area is 316 Å². The number of aliphatic carboxylic acids is 1. The molecule has 0 aliphatic rings. The van der Waals surface area contributed by atoms with Gasteiger partial charge in [-0.3, -0.25) is 28.8 Å². The maximum atomic E-state index is 13.7. The number of carbonyl (C=O) groups is 7. The first kappa shape index (κ1) is 45.7. The van der Waals surface area contributed by atoms with Crippen molar-refractivity contribution < 1.29 is 54.0 Å². The molecule has 0 aliphatic carbocycles. The average molecular weight is 780 g/mol. The number of carboxylic acids is 1. The zero-order valence-electron chi connectivity index (χ0n) is 31.1. The summed E-state index contributed by atoms with van der Waals surface area (Å²) in [7, 11) is 0. The molecule has 55 heavy (non-hydrogen) atoms. The summed E-state index contributed by atoms with van der Waals surface area (Å²) in [6.07, 6.45) is 5.26. The molecule has 2 aromatic heterocycles. The molecule has 2 aromatic rings. The van der Waals surface area contributed by atoms with Crippen LogP contribution < -0.4 is 37.6 Å². The molecule has 0 fully saturated rings. The van der Waals surface area contributed by atoms with E-state index in [2.05, 4.69) is 51.8 Å². The first-order valence-corrected chi connectivity index (χ1v) is 17.6. The van der Waals surface area contributed by atoms with Gasteiger partial charge in [0.05, 0.1) is 32.5 Å². The van der Waals surface area contributed by atoms with Crippen LogP contribution in [0, 0.1) is 11.8 Å². The smallest absolute Gasteiger partial charge is 0.328 e. The molecule has 0 bridgehead atoms. The van der Waals surface area contributed by atoms with Gasteiger partial charge in [-0.1, -0.05) is 27.7 Å². The van der Waals surface area contributed by atoms with Crippen molar-refractivity contribution in [3.8, 4) is 0 Å². The fourth-order valence-electron chi connectivity index (χ4n) is 5.16. The first-order valence-electron chi connectivity index (χ1n) is 17.6. The Kier molecular flexibility index (Phi) is 18.9. The quantitative estimate of drug-likeness (QED) is 0.0476. The van der Waals surface area contributed by atoms with Crippen LogP contribution >= 0.6 is 0 Å². The van der Waals surface area contributed by atoms with E-state index in [-0.39, 0.29) is 37.5 Å². The highest BCUT2D eigenvalue weighted by molar-refractivity contribution is 5.97. The van der Waals surface area contributed by atoms with Gasteiger partial charge in [0.2, 0.25) is 35.4 Å². The maximum absolute atomic E-state index is 13.7. The second-order valence-corrected chi connectivity index (χ2v) is 13.7. The van der Waals surface area contributed by atoms with Crippen LogP contribution in [-0.4, -0.2) is 144 Å². The Morgan fingerprint density at radius 2 is 0.909 bits per heavy atom. The molecule has 2 rings (SSSR count). The molecule has 22 nitrogen and oxygen atoms in total. The number of nitrogens with zero attached hydrogens (tertiary/aromatic N) is 2. The highest BCUT2D eigenvalue weighted by Crippen LogP contribution is 2.10. The van der Waals surface area contributed by atoms with Crippen LogP contribution in [0.4, 0.5) is 0 Å². The Balaban J connectivity index is 2.31. The maximum Gasteiger partial charge on any atom is 0.328 e. The molecule has 0 aromatic carbocycles. The van der Waals surface area contributed by atoms with Crippen LogP contribution in [0.1, 0.15) is 51.9 Å². The molecule has 2 heterocycles. The monoisotopic (exact) mass is 779 g/mol. The summed E-state index contributed by atoms with van der Waals surface area (Å²) in [4.78, 5) is 105. The highest BCUT2D eigenvalue weighted by atomic mass is 16.4. The number of aromatic nitrogens is 4. The molecule has 6 amide bonds. The molecule has 14 N–H and O–H groups in total. The van der Waals surface area contributed by atoms with E-state index in [1.807, 2.05) is 0 Å². The predicted molar refractivity (Wildman–Crippen MR) is 192 cm³/mol. The number of hydrogen-bond donors (Lipinski definition) is 13. The number of nitrogens with two attached hydrogens (primary N) is 1. The lowest BCUT2D eigenvalue weighted by atomic mass is 10.0. The van der Waals surface area contributed by atoms with Gasteiger partial charge < -0.3 is 68.0 Å². The number of carboxylic acid groups (broad SMARTS) is 1. The van der Waals surface area contributed by atoms with Crippen molar-refractivity contribution in [3.63, 3.8) is 0 Å². The van der Waals surface area contributed by atoms with E-state index in [9.17, 15) is 54.0 Å². The molecule has 0 unspecified atom stereocenters. The summed E-state index contributed by atoms with van der Waals surface area (Å²) in [5.74, 6) is -7.08. The number of H-pyrrole nitrogens is 2.